The number of aromatic nitrogens is 1. The minimum Gasteiger partial charge on any atom is -0.493 e. The third-order valence-electron chi connectivity index (χ3n) is 7.02. The molecule has 240 valence electrons. The molecule has 0 radical (unpaired) electrons. The zero-order valence-electron chi connectivity index (χ0n) is 25.7. The Bertz CT molecular complexity index is 2020. The number of esters is 1. The van der Waals surface area contributed by atoms with Gasteiger partial charge in [-0.3, -0.25) is 9.36 Å². The molecule has 8 nitrogen and oxygen atoms in total. The van der Waals surface area contributed by atoms with E-state index in [-0.39, 0.29) is 30.5 Å². The predicted molar refractivity (Wildman–Crippen MR) is 184 cm³/mol. The Morgan fingerprint density at radius 1 is 1.11 bits per heavy atom. The quantitative estimate of drug-likeness (QED) is 0.159. The molecule has 0 saturated heterocycles. The molecule has 0 fully saturated rings. The summed E-state index contributed by atoms with van der Waals surface area (Å²) in [6.45, 7) is 7.67. The van der Waals surface area contributed by atoms with Gasteiger partial charge in [0.25, 0.3) is 5.56 Å². The lowest BCUT2D eigenvalue weighted by atomic mass is 9.95. The highest BCUT2D eigenvalue weighted by atomic mass is 79.9. The molecule has 0 spiro atoms. The van der Waals surface area contributed by atoms with Crippen LogP contribution in [0.4, 0.5) is 0 Å². The van der Waals surface area contributed by atoms with Crippen LogP contribution in [-0.4, -0.2) is 30.4 Å². The number of benzene rings is 3. The van der Waals surface area contributed by atoms with Gasteiger partial charge in [-0.25, -0.2) is 9.79 Å². The van der Waals surface area contributed by atoms with Crippen molar-refractivity contribution < 1.29 is 23.7 Å². The maximum absolute atomic E-state index is 14.3. The number of halogens is 3. The first-order valence-electron chi connectivity index (χ1n) is 14.4. The summed E-state index contributed by atoms with van der Waals surface area (Å²) in [7, 11) is 1.54. The molecule has 0 aliphatic carbocycles. The fraction of sp³-hybridized carbons (Fsp3) is 0.265. The van der Waals surface area contributed by atoms with Crippen LogP contribution in [-0.2, 0) is 16.1 Å². The van der Waals surface area contributed by atoms with Crippen molar-refractivity contribution in [1.29, 1.82) is 0 Å². The van der Waals surface area contributed by atoms with Crippen molar-refractivity contribution in [1.82, 2.24) is 4.57 Å². The van der Waals surface area contributed by atoms with Crippen LogP contribution in [0.3, 0.4) is 0 Å². The van der Waals surface area contributed by atoms with E-state index in [9.17, 15) is 9.59 Å². The summed E-state index contributed by atoms with van der Waals surface area (Å²) in [5.41, 5.74) is 2.44. The number of nitrogens with zero attached hydrogens (tertiary/aromatic N) is 2. The molecule has 0 bridgehead atoms. The maximum Gasteiger partial charge on any atom is 0.338 e. The second-order valence-electron chi connectivity index (χ2n) is 10.6. The molecule has 0 N–H and O–H groups in total. The van der Waals surface area contributed by atoms with Crippen LogP contribution in [0.1, 0.15) is 50.4 Å². The van der Waals surface area contributed by atoms with Crippen LogP contribution in [0.25, 0.3) is 6.08 Å². The van der Waals surface area contributed by atoms with E-state index in [2.05, 4.69) is 15.9 Å². The van der Waals surface area contributed by atoms with Gasteiger partial charge >= 0.3 is 5.97 Å². The molecule has 0 saturated carbocycles. The van der Waals surface area contributed by atoms with Gasteiger partial charge in [0.1, 0.15) is 18.4 Å². The molecule has 5 rings (SSSR count). The van der Waals surface area contributed by atoms with Gasteiger partial charge in [-0.05, 0) is 69.7 Å². The maximum atomic E-state index is 14.3. The molecule has 0 amide bonds. The van der Waals surface area contributed by atoms with Gasteiger partial charge < -0.3 is 18.9 Å². The summed E-state index contributed by atoms with van der Waals surface area (Å²) in [5.74, 6) is 0.908. The fourth-order valence-electron chi connectivity index (χ4n) is 5.08. The van der Waals surface area contributed by atoms with E-state index in [4.69, 9.17) is 47.1 Å². The molecular formula is C34H31BrCl2N2O6S. The summed E-state index contributed by atoms with van der Waals surface area (Å²) >= 11 is 17.1. The van der Waals surface area contributed by atoms with Gasteiger partial charge in [-0.15, -0.1) is 0 Å². The van der Waals surface area contributed by atoms with E-state index < -0.39 is 12.0 Å². The Kier molecular flexibility index (Phi) is 10.6. The van der Waals surface area contributed by atoms with Crippen LogP contribution in [0.5, 0.6) is 17.2 Å². The fourth-order valence-corrected chi connectivity index (χ4v) is 6.89. The van der Waals surface area contributed by atoms with Gasteiger partial charge in [0.2, 0.25) is 0 Å². The molecule has 1 atom stereocenters. The molecule has 2 heterocycles. The summed E-state index contributed by atoms with van der Waals surface area (Å²) in [6, 6.07) is 15.4. The van der Waals surface area contributed by atoms with Crippen molar-refractivity contribution in [2.75, 3.05) is 13.7 Å². The average molecular weight is 747 g/mol. The highest BCUT2D eigenvalue weighted by Crippen LogP contribution is 2.38. The van der Waals surface area contributed by atoms with Gasteiger partial charge in [0, 0.05) is 15.6 Å². The minimum atomic E-state index is -0.824. The number of hydrogen-bond acceptors (Lipinski definition) is 8. The Hall–Kier alpha value is -3.57. The standard InChI is InChI=1S/C34H31BrCl2N2O6S/c1-6-43-33(41)29-19(4)38-34-39(30(29)23-9-7-8-10-26(23)45-18(2)3)32(40)28(46-34)15-21-14-22(35)16-27(42-5)31(21)44-17-20-11-12-24(36)25(37)13-20/h7-16,18,30H,6,17H2,1-5H3/b28-15-/t30-/m1/s1. The summed E-state index contributed by atoms with van der Waals surface area (Å²) in [5, 5.41) is 0.861. The average Bonchev–Trinajstić information content (AvgIpc) is 3.31. The second-order valence-corrected chi connectivity index (χ2v) is 13.3. The first-order valence-corrected chi connectivity index (χ1v) is 16.8. The van der Waals surface area contributed by atoms with Crippen molar-refractivity contribution in [2.45, 2.75) is 46.4 Å². The molecule has 46 heavy (non-hydrogen) atoms. The van der Waals surface area contributed by atoms with Crippen molar-refractivity contribution in [3.8, 4) is 17.2 Å². The number of rotatable bonds is 10. The Morgan fingerprint density at radius 3 is 2.57 bits per heavy atom. The van der Waals surface area contributed by atoms with E-state index in [0.29, 0.717) is 53.5 Å². The Labute approximate surface area is 288 Å². The molecule has 0 unspecified atom stereocenters. The zero-order valence-corrected chi connectivity index (χ0v) is 29.6. The van der Waals surface area contributed by atoms with Crippen LogP contribution in [0.15, 0.2) is 80.1 Å². The topological polar surface area (TPSA) is 88.4 Å². The number of ether oxygens (including phenoxy) is 4. The summed E-state index contributed by atoms with van der Waals surface area (Å²) in [4.78, 5) is 32.8. The SMILES string of the molecule is CCOC(=O)C1=C(C)N=c2s/c(=C\c3cc(Br)cc(OC)c3OCc3ccc(Cl)c(Cl)c3)c(=O)n2[C@@H]1c1ccccc1OC(C)C. The van der Waals surface area contributed by atoms with Crippen LogP contribution >= 0.6 is 50.5 Å². The Balaban J connectivity index is 1.68. The van der Waals surface area contributed by atoms with E-state index in [1.165, 1.54) is 15.9 Å². The van der Waals surface area contributed by atoms with E-state index >= 15 is 0 Å². The largest absolute Gasteiger partial charge is 0.493 e. The van der Waals surface area contributed by atoms with Crippen LogP contribution in [0.2, 0.25) is 10.0 Å². The number of para-hydroxylation sites is 1. The number of thiazole rings is 1. The molecule has 1 aliphatic rings. The molecule has 1 aliphatic heterocycles. The number of carbonyl (C=O) groups excluding carboxylic acids is 1. The smallest absolute Gasteiger partial charge is 0.338 e. The number of carbonyl (C=O) groups is 1. The van der Waals surface area contributed by atoms with Crippen LogP contribution < -0.4 is 29.1 Å². The lowest BCUT2D eigenvalue weighted by molar-refractivity contribution is -0.139. The molecule has 3 aromatic carbocycles. The second kappa shape index (κ2) is 14.5. The van der Waals surface area contributed by atoms with Crippen molar-refractivity contribution in [3.63, 3.8) is 0 Å². The lowest BCUT2D eigenvalue weighted by Crippen LogP contribution is -2.40. The molecule has 12 heteroatoms. The van der Waals surface area contributed by atoms with E-state index in [1.54, 1.807) is 45.2 Å². The molecule has 4 aromatic rings. The van der Waals surface area contributed by atoms with Crippen molar-refractivity contribution >= 4 is 62.5 Å². The number of hydrogen-bond donors (Lipinski definition) is 0. The van der Waals surface area contributed by atoms with Crippen molar-refractivity contribution in [3.05, 3.63) is 117 Å². The Morgan fingerprint density at radius 2 is 1.87 bits per heavy atom. The minimum absolute atomic E-state index is 0.137. The normalized spacial score (nSPS) is 14.6. The van der Waals surface area contributed by atoms with Gasteiger partial charge in [0.15, 0.2) is 16.3 Å². The highest BCUT2D eigenvalue weighted by Gasteiger charge is 2.35. The number of allylic oxidation sites excluding steroid dienone is 1. The van der Waals surface area contributed by atoms with Gasteiger partial charge in [-0.1, -0.05) is 74.7 Å². The van der Waals surface area contributed by atoms with Crippen LogP contribution in [0, 0.1) is 0 Å². The first kappa shape index (κ1) is 33.8. The zero-order chi connectivity index (χ0) is 33.1. The highest BCUT2D eigenvalue weighted by molar-refractivity contribution is 9.10. The predicted octanol–water partition coefficient (Wildman–Crippen LogP) is 7.24. The molecular weight excluding hydrogens is 715 g/mol. The first-order chi connectivity index (χ1) is 22.0. The summed E-state index contributed by atoms with van der Waals surface area (Å²) < 4.78 is 26.1. The number of methoxy groups -OCH3 is 1. The lowest BCUT2D eigenvalue weighted by Gasteiger charge is -2.26. The van der Waals surface area contributed by atoms with E-state index in [0.717, 1.165) is 10.0 Å². The summed E-state index contributed by atoms with van der Waals surface area (Å²) in [6.07, 6.45) is 1.60. The third-order valence-corrected chi connectivity index (χ3v) is 9.20. The van der Waals surface area contributed by atoms with Gasteiger partial charge in [-0.2, -0.15) is 0 Å². The number of fused-ring (bicyclic) bond motifs is 1. The van der Waals surface area contributed by atoms with Crippen molar-refractivity contribution in [2.24, 2.45) is 4.99 Å². The molecule has 1 aromatic heterocycles. The monoisotopic (exact) mass is 744 g/mol. The van der Waals surface area contributed by atoms with Gasteiger partial charge in [0.05, 0.1) is 45.7 Å². The third kappa shape index (κ3) is 7.05. The van der Waals surface area contributed by atoms with E-state index in [1.807, 2.05) is 50.2 Å².